The molecule has 1 spiro atoms. The summed E-state index contributed by atoms with van der Waals surface area (Å²) in [6.45, 7) is 4.30. The summed E-state index contributed by atoms with van der Waals surface area (Å²) < 4.78 is 13.1. The van der Waals surface area contributed by atoms with E-state index in [0.717, 1.165) is 6.42 Å². The van der Waals surface area contributed by atoms with Gasteiger partial charge in [-0.15, -0.1) is 5.10 Å². The highest BCUT2D eigenvalue weighted by Gasteiger charge is 2.47. The van der Waals surface area contributed by atoms with Crippen molar-refractivity contribution >= 4 is 11.6 Å². The Hall–Kier alpha value is -2.06. The number of aromatic nitrogens is 4. The minimum atomic E-state index is -0.384. The van der Waals surface area contributed by atoms with E-state index in [1.165, 1.54) is 4.52 Å². The van der Waals surface area contributed by atoms with E-state index in [-0.39, 0.29) is 17.6 Å². The van der Waals surface area contributed by atoms with Gasteiger partial charge in [0.15, 0.2) is 5.65 Å². The maximum absolute atomic E-state index is 12.9. The second-order valence-electron chi connectivity index (χ2n) is 5.77. The Morgan fingerprint density at radius 1 is 1.45 bits per heavy atom. The molecule has 2 saturated heterocycles. The number of ether oxygens (including phenoxy) is 2. The molecule has 2 aromatic rings. The molecule has 2 aliphatic rings. The molecule has 2 atom stereocenters. The van der Waals surface area contributed by atoms with Gasteiger partial charge in [0.1, 0.15) is 5.60 Å². The van der Waals surface area contributed by atoms with E-state index < -0.39 is 0 Å². The lowest BCUT2D eigenvalue weighted by atomic mass is 9.94. The molecule has 0 aromatic carbocycles. The monoisotopic (exact) mass is 303 g/mol. The van der Waals surface area contributed by atoms with E-state index in [1.54, 1.807) is 18.3 Å². The molecule has 22 heavy (non-hydrogen) atoms. The molecule has 2 aliphatic heterocycles. The Labute approximate surface area is 127 Å². The quantitative estimate of drug-likeness (QED) is 0.745. The second kappa shape index (κ2) is 4.99. The lowest BCUT2D eigenvalue weighted by Gasteiger charge is -2.42. The number of fused-ring (bicyclic) bond motifs is 1. The average molecular weight is 303 g/mol. The Bertz CT molecular complexity index is 717. The van der Waals surface area contributed by atoms with E-state index >= 15 is 0 Å². The highest BCUT2D eigenvalue weighted by Crippen LogP contribution is 2.33. The number of hydrogen-bond donors (Lipinski definition) is 0. The van der Waals surface area contributed by atoms with Gasteiger partial charge < -0.3 is 14.4 Å². The van der Waals surface area contributed by atoms with Crippen LogP contribution in [0.4, 0.5) is 0 Å². The summed E-state index contributed by atoms with van der Waals surface area (Å²) in [5.74, 6) is -0.0674. The molecule has 0 aliphatic carbocycles. The third-order valence-electron chi connectivity index (χ3n) is 4.58. The highest BCUT2D eigenvalue weighted by molar-refractivity contribution is 5.99. The van der Waals surface area contributed by atoms with Gasteiger partial charge in [0.05, 0.1) is 24.8 Å². The van der Waals surface area contributed by atoms with Crippen molar-refractivity contribution in [2.75, 3.05) is 26.3 Å². The average Bonchev–Trinajstić information content (AvgIpc) is 3.14. The summed E-state index contributed by atoms with van der Waals surface area (Å²) in [5.41, 5.74) is 0.602. The molecule has 8 nitrogen and oxygen atoms in total. The first-order chi connectivity index (χ1) is 10.7. The molecule has 0 radical (unpaired) electrons. The van der Waals surface area contributed by atoms with E-state index in [2.05, 4.69) is 15.5 Å². The first kappa shape index (κ1) is 13.6. The van der Waals surface area contributed by atoms with Gasteiger partial charge in [-0.25, -0.2) is 0 Å². The molecular formula is C14H17N5O3. The van der Waals surface area contributed by atoms with E-state index in [0.29, 0.717) is 37.5 Å². The van der Waals surface area contributed by atoms with Crippen molar-refractivity contribution in [3.05, 3.63) is 23.9 Å². The zero-order chi connectivity index (χ0) is 15.2. The van der Waals surface area contributed by atoms with Crippen LogP contribution >= 0.6 is 0 Å². The fourth-order valence-corrected chi connectivity index (χ4v) is 3.24. The lowest BCUT2D eigenvalue weighted by molar-refractivity contribution is -0.126. The molecular weight excluding hydrogens is 286 g/mol. The van der Waals surface area contributed by atoms with Crippen molar-refractivity contribution < 1.29 is 14.3 Å². The molecule has 116 valence electrons. The predicted molar refractivity (Wildman–Crippen MR) is 75.4 cm³/mol. The Kier molecular flexibility index (Phi) is 3.08. The maximum atomic E-state index is 12.9. The summed E-state index contributed by atoms with van der Waals surface area (Å²) in [4.78, 5) is 14.7. The van der Waals surface area contributed by atoms with Crippen LogP contribution in [0.15, 0.2) is 18.3 Å². The van der Waals surface area contributed by atoms with Crippen molar-refractivity contribution in [2.45, 2.75) is 25.0 Å². The molecule has 4 rings (SSSR count). The molecule has 0 saturated carbocycles. The molecule has 2 fully saturated rings. The van der Waals surface area contributed by atoms with Crippen molar-refractivity contribution in [3.63, 3.8) is 0 Å². The molecule has 1 amide bonds. The first-order valence-electron chi connectivity index (χ1n) is 7.41. The Morgan fingerprint density at radius 3 is 3.18 bits per heavy atom. The molecule has 4 heterocycles. The molecule has 0 N–H and O–H groups in total. The number of morpholine rings is 1. The standard InChI is InChI=1S/C14H17N5O3/c1-10-14(4-7-21-10)9-18(6-8-22-14)13(20)11-3-2-5-19-12(11)15-16-17-19/h2-3,5,10H,4,6-9H2,1H3. The van der Waals surface area contributed by atoms with Crippen LogP contribution in [0.2, 0.25) is 0 Å². The molecule has 8 heteroatoms. The van der Waals surface area contributed by atoms with Crippen LogP contribution in [0.1, 0.15) is 23.7 Å². The van der Waals surface area contributed by atoms with Gasteiger partial charge in [-0.3, -0.25) is 4.79 Å². The molecule has 0 bridgehead atoms. The van der Waals surface area contributed by atoms with E-state index in [4.69, 9.17) is 9.47 Å². The van der Waals surface area contributed by atoms with Crippen molar-refractivity contribution in [1.29, 1.82) is 0 Å². The summed E-state index contributed by atoms with van der Waals surface area (Å²) >= 11 is 0. The normalized spacial score (nSPS) is 28.6. The zero-order valence-corrected chi connectivity index (χ0v) is 12.3. The minimum absolute atomic E-state index is 0.00588. The number of rotatable bonds is 1. The SMILES string of the molecule is CC1OCCC12CN(C(=O)c1cccn3nnnc13)CCO2. The maximum Gasteiger partial charge on any atom is 0.257 e. The number of carbonyl (C=O) groups is 1. The van der Waals surface area contributed by atoms with Crippen LogP contribution in [-0.2, 0) is 9.47 Å². The van der Waals surface area contributed by atoms with Crippen LogP contribution in [0.25, 0.3) is 5.65 Å². The van der Waals surface area contributed by atoms with Crippen LogP contribution in [-0.4, -0.2) is 68.9 Å². The lowest BCUT2D eigenvalue weighted by Crippen LogP contribution is -2.56. The summed E-state index contributed by atoms with van der Waals surface area (Å²) in [6.07, 6.45) is 2.53. The smallest absolute Gasteiger partial charge is 0.257 e. The summed E-state index contributed by atoms with van der Waals surface area (Å²) in [6, 6.07) is 3.53. The third kappa shape index (κ3) is 1.98. The number of carbonyl (C=O) groups excluding carboxylic acids is 1. The fourth-order valence-electron chi connectivity index (χ4n) is 3.24. The number of tetrazole rings is 1. The molecule has 2 unspecified atom stereocenters. The van der Waals surface area contributed by atoms with Gasteiger partial charge in [-0.2, -0.15) is 4.52 Å². The Morgan fingerprint density at radius 2 is 2.36 bits per heavy atom. The van der Waals surface area contributed by atoms with Crippen molar-refractivity contribution in [2.24, 2.45) is 0 Å². The topological polar surface area (TPSA) is 81.9 Å². The molecule has 2 aromatic heterocycles. The largest absolute Gasteiger partial charge is 0.375 e. The first-order valence-corrected chi connectivity index (χ1v) is 7.41. The van der Waals surface area contributed by atoms with Crippen LogP contribution in [0, 0.1) is 0 Å². The van der Waals surface area contributed by atoms with Gasteiger partial charge in [-0.05, 0) is 29.5 Å². The van der Waals surface area contributed by atoms with Gasteiger partial charge >= 0.3 is 0 Å². The second-order valence-corrected chi connectivity index (χ2v) is 5.77. The zero-order valence-electron chi connectivity index (χ0n) is 12.3. The summed E-state index contributed by atoms with van der Waals surface area (Å²) in [5, 5.41) is 11.4. The highest BCUT2D eigenvalue weighted by atomic mass is 16.6. The summed E-state index contributed by atoms with van der Waals surface area (Å²) in [7, 11) is 0. The third-order valence-corrected chi connectivity index (χ3v) is 4.58. The Balaban J connectivity index is 1.64. The van der Waals surface area contributed by atoms with Crippen LogP contribution < -0.4 is 0 Å². The number of amides is 1. The van der Waals surface area contributed by atoms with E-state index in [1.807, 2.05) is 11.8 Å². The van der Waals surface area contributed by atoms with Crippen LogP contribution in [0.3, 0.4) is 0 Å². The number of pyridine rings is 1. The number of hydrogen-bond acceptors (Lipinski definition) is 6. The fraction of sp³-hybridized carbons (Fsp3) is 0.571. The van der Waals surface area contributed by atoms with Gasteiger partial charge in [0.25, 0.3) is 5.91 Å². The minimum Gasteiger partial charge on any atom is -0.375 e. The number of nitrogens with zero attached hydrogens (tertiary/aromatic N) is 5. The predicted octanol–water partition coefficient (Wildman–Crippen LogP) is 0.144. The van der Waals surface area contributed by atoms with Crippen molar-refractivity contribution in [1.82, 2.24) is 24.9 Å². The van der Waals surface area contributed by atoms with Gasteiger partial charge in [0.2, 0.25) is 0 Å². The van der Waals surface area contributed by atoms with Crippen LogP contribution in [0.5, 0.6) is 0 Å². The van der Waals surface area contributed by atoms with Gasteiger partial charge in [0, 0.05) is 25.8 Å². The van der Waals surface area contributed by atoms with E-state index in [9.17, 15) is 4.79 Å². The van der Waals surface area contributed by atoms with Gasteiger partial charge in [-0.1, -0.05) is 0 Å². The van der Waals surface area contributed by atoms with Crippen molar-refractivity contribution in [3.8, 4) is 0 Å².